The highest BCUT2D eigenvalue weighted by atomic mass is 16.5. The standard InChI is InChI=1S/C16H24N2O2/c1-3-20-16(19)12-18(14-8-5-4-6-9-14)15-10-7-11-17-13(15)2/h4-6,8-9,13,15,17H,3,7,10-12H2,1-2H3. The molecule has 1 aromatic rings. The van der Waals surface area contributed by atoms with Gasteiger partial charge in [0.05, 0.1) is 6.61 Å². The van der Waals surface area contributed by atoms with Crippen LogP contribution in [0.5, 0.6) is 0 Å². The monoisotopic (exact) mass is 276 g/mol. The summed E-state index contributed by atoms with van der Waals surface area (Å²) in [6, 6.07) is 10.8. The molecule has 2 atom stereocenters. The SMILES string of the molecule is CCOC(=O)CN(c1ccccc1)C1CCCNC1C. The van der Waals surface area contributed by atoms with E-state index in [1.165, 1.54) is 0 Å². The van der Waals surface area contributed by atoms with Crippen molar-refractivity contribution in [3.05, 3.63) is 30.3 Å². The number of carbonyl (C=O) groups excluding carboxylic acids is 1. The molecule has 20 heavy (non-hydrogen) atoms. The molecular formula is C16H24N2O2. The summed E-state index contributed by atoms with van der Waals surface area (Å²) >= 11 is 0. The second-order valence-corrected chi connectivity index (χ2v) is 5.22. The molecule has 1 aromatic carbocycles. The molecule has 2 rings (SSSR count). The molecule has 1 saturated heterocycles. The lowest BCUT2D eigenvalue weighted by Gasteiger charge is -2.40. The molecule has 0 aromatic heterocycles. The second kappa shape index (κ2) is 7.29. The first-order chi connectivity index (χ1) is 9.72. The smallest absolute Gasteiger partial charge is 0.325 e. The van der Waals surface area contributed by atoms with Gasteiger partial charge in [-0.05, 0) is 45.4 Å². The maximum absolute atomic E-state index is 11.9. The molecule has 2 unspecified atom stereocenters. The zero-order valence-electron chi connectivity index (χ0n) is 12.3. The summed E-state index contributed by atoms with van der Waals surface area (Å²) in [5, 5.41) is 3.49. The van der Waals surface area contributed by atoms with E-state index in [9.17, 15) is 4.79 Å². The average molecular weight is 276 g/mol. The van der Waals surface area contributed by atoms with Crippen molar-refractivity contribution < 1.29 is 9.53 Å². The van der Waals surface area contributed by atoms with Crippen LogP contribution in [0.4, 0.5) is 5.69 Å². The number of piperidine rings is 1. The quantitative estimate of drug-likeness (QED) is 0.837. The van der Waals surface area contributed by atoms with Crippen LogP contribution in [-0.4, -0.2) is 37.7 Å². The Balaban J connectivity index is 2.17. The number of para-hydroxylation sites is 1. The van der Waals surface area contributed by atoms with Crippen LogP contribution in [-0.2, 0) is 9.53 Å². The van der Waals surface area contributed by atoms with E-state index in [-0.39, 0.29) is 5.97 Å². The fourth-order valence-electron chi connectivity index (χ4n) is 2.82. The zero-order chi connectivity index (χ0) is 14.4. The summed E-state index contributed by atoms with van der Waals surface area (Å²) in [4.78, 5) is 14.1. The van der Waals surface area contributed by atoms with Crippen molar-refractivity contribution in [1.82, 2.24) is 5.32 Å². The third-order valence-electron chi connectivity index (χ3n) is 3.81. The molecule has 0 amide bonds. The van der Waals surface area contributed by atoms with Crippen molar-refractivity contribution in [1.29, 1.82) is 0 Å². The molecule has 0 aliphatic carbocycles. The van der Waals surface area contributed by atoms with Crippen molar-refractivity contribution in [2.24, 2.45) is 0 Å². The fourth-order valence-corrected chi connectivity index (χ4v) is 2.82. The van der Waals surface area contributed by atoms with Crippen molar-refractivity contribution in [3.63, 3.8) is 0 Å². The highest BCUT2D eigenvalue weighted by Gasteiger charge is 2.28. The van der Waals surface area contributed by atoms with Gasteiger partial charge < -0.3 is 15.0 Å². The molecule has 1 fully saturated rings. The minimum Gasteiger partial charge on any atom is -0.465 e. The highest BCUT2D eigenvalue weighted by Crippen LogP contribution is 2.23. The third-order valence-corrected chi connectivity index (χ3v) is 3.81. The zero-order valence-corrected chi connectivity index (χ0v) is 12.3. The predicted octanol–water partition coefficient (Wildman–Crippen LogP) is 2.20. The lowest BCUT2D eigenvalue weighted by atomic mass is 9.97. The first-order valence-electron chi connectivity index (χ1n) is 7.43. The normalized spacial score (nSPS) is 22.3. The number of carbonyl (C=O) groups is 1. The van der Waals surface area contributed by atoms with Gasteiger partial charge in [0.15, 0.2) is 0 Å². The lowest BCUT2D eigenvalue weighted by molar-refractivity contribution is -0.141. The number of rotatable bonds is 5. The van der Waals surface area contributed by atoms with E-state index in [1.807, 2.05) is 25.1 Å². The largest absolute Gasteiger partial charge is 0.465 e. The van der Waals surface area contributed by atoms with E-state index in [2.05, 4.69) is 29.3 Å². The summed E-state index contributed by atoms with van der Waals surface area (Å²) in [5.74, 6) is -0.158. The molecule has 0 saturated carbocycles. The number of benzene rings is 1. The third kappa shape index (κ3) is 3.73. The van der Waals surface area contributed by atoms with Gasteiger partial charge in [-0.1, -0.05) is 18.2 Å². The maximum atomic E-state index is 11.9. The van der Waals surface area contributed by atoms with E-state index in [4.69, 9.17) is 4.74 Å². The van der Waals surface area contributed by atoms with Gasteiger partial charge in [0.25, 0.3) is 0 Å². The Morgan fingerprint density at radius 3 is 2.80 bits per heavy atom. The van der Waals surface area contributed by atoms with Gasteiger partial charge in [-0.2, -0.15) is 0 Å². The first kappa shape index (κ1) is 14.9. The summed E-state index contributed by atoms with van der Waals surface area (Å²) in [6.45, 7) is 5.83. The van der Waals surface area contributed by atoms with E-state index in [0.29, 0.717) is 25.2 Å². The van der Waals surface area contributed by atoms with E-state index in [0.717, 1.165) is 25.1 Å². The Morgan fingerprint density at radius 2 is 2.15 bits per heavy atom. The maximum Gasteiger partial charge on any atom is 0.325 e. The lowest BCUT2D eigenvalue weighted by Crippen LogP contribution is -2.53. The van der Waals surface area contributed by atoms with Gasteiger partial charge in [-0.3, -0.25) is 4.79 Å². The van der Waals surface area contributed by atoms with E-state index < -0.39 is 0 Å². The predicted molar refractivity (Wildman–Crippen MR) is 80.9 cm³/mol. The molecule has 4 nitrogen and oxygen atoms in total. The Bertz CT molecular complexity index is 422. The van der Waals surface area contributed by atoms with Crippen LogP contribution in [0, 0.1) is 0 Å². The molecule has 4 heteroatoms. The van der Waals surface area contributed by atoms with Crippen LogP contribution in [0.1, 0.15) is 26.7 Å². The number of hydrogen-bond acceptors (Lipinski definition) is 4. The Kier molecular flexibility index (Phi) is 5.41. The van der Waals surface area contributed by atoms with Gasteiger partial charge in [-0.25, -0.2) is 0 Å². The number of esters is 1. The Hall–Kier alpha value is -1.55. The Labute approximate surface area is 121 Å². The van der Waals surface area contributed by atoms with E-state index in [1.54, 1.807) is 0 Å². The minimum absolute atomic E-state index is 0.158. The number of hydrogen-bond donors (Lipinski definition) is 1. The van der Waals surface area contributed by atoms with Gasteiger partial charge in [0.1, 0.15) is 6.54 Å². The summed E-state index contributed by atoms with van der Waals surface area (Å²) in [7, 11) is 0. The molecule has 0 radical (unpaired) electrons. The summed E-state index contributed by atoms with van der Waals surface area (Å²) in [5.41, 5.74) is 1.08. The molecule has 1 aliphatic heterocycles. The molecule has 1 aliphatic rings. The van der Waals surface area contributed by atoms with Crippen LogP contribution in [0.2, 0.25) is 0 Å². The number of ether oxygens (including phenoxy) is 1. The fraction of sp³-hybridized carbons (Fsp3) is 0.562. The Morgan fingerprint density at radius 1 is 1.40 bits per heavy atom. The van der Waals surface area contributed by atoms with Crippen molar-refractivity contribution in [3.8, 4) is 0 Å². The molecule has 1 heterocycles. The van der Waals surface area contributed by atoms with Crippen molar-refractivity contribution in [2.45, 2.75) is 38.8 Å². The van der Waals surface area contributed by atoms with Gasteiger partial charge in [-0.15, -0.1) is 0 Å². The molecule has 0 bridgehead atoms. The van der Waals surface area contributed by atoms with Crippen LogP contribution in [0.3, 0.4) is 0 Å². The second-order valence-electron chi connectivity index (χ2n) is 5.22. The number of anilines is 1. The van der Waals surface area contributed by atoms with Crippen molar-refractivity contribution in [2.75, 3.05) is 24.6 Å². The van der Waals surface area contributed by atoms with Crippen LogP contribution < -0.4 is 10.2 Å². The molecular weight excluding hydrogens is 252 g/mol. The molecule has 0 spiro atoms. The molecule has 110 valence electrons. The minimum atomic E-state index is -0.158. The summed E-state index contributed by atoms with van der Waals surface area (Å²) < 4.78 is 5.12. The van der Waals surface area contributed by atoms with E-state index >= 15 is 0 Å². The average Bonchev–Trinajstić information content (AvgIpc) is 2.47. The highest BCUT2D eigenvalue weighted by molar-refractivity contribution is 5.76. The van der Waals surface area contributed by atoms with Crippen LogP contribution in [0.15, 0.2) is 30.3 Å². The van der Waals surface area contributed by atoms with Crippen LogP contribution in [0.25, 0.3) is 0 Å². The summed E-state index contributed by atoms with van der Waals surface area (Å²) in [6.07, 6.45) is 2.24. The van der Waals surface area contributed by atoms with Gasteiger partial charge in [0, 0.05) is 17.8 Å². The number of nitrogens with one attached hydrogen (secondary N) is 1. The number of nitrogens with zero attached hydrogens (tertiary/aromatic N) is 1. The topological polar surface area (TPSA) is 41.6 Å². The van der Waals surface area contributed by atoms with Crippen molar-refractivity contribution >= 4 is 11.7 Å². The first-order valence-corrected chi connectivity index (χ1v) is 7.43. The molecule has 1 N–H and O–H groups in total. The van der Waals surface area contributed by atoms with Crippen LogP contribution >= 0.6 is 0 Å². The van der Waals surface area contributed by atoms with Gasteiger partial charge >= 0.3 is 5.97 Å². The van der Waals surface area contributed by atoms with Gasteiger partial charge in [0.2, 0.25) is 0 Å².